The van der Waals surface area contributed by atoms with Gasteiger partial charge in [0, 0.05) is 19.3 Å². The van der Waals surface area contributed by atoms with E-state index in [1.807, 2.05) is 17.8 Å². The molecule has 2 aromatic rings. The van der Waals surface area contributed by atoms with Crippen LogP contribution in [0.1, 0.15) is 12.1 Å². The average molecular weight is 371 g/mol. The van der Waals surface area contributed by atoms with E-state index >= 15 is 0 Å². The predicted octanol–water partition coefficient (Wildman–Crippen LogP) is 1.27. The first kappa shape index (κ1) is 16.1. The molecule has 118 valence electrons. The van der Waals surface area contributed by atoms with Crippen LogP contribution in [0.4, 0.5) is 5.69 Å². The Morgan fingerprint density at radius 2 is 2.23 bits per heavy atom. The van der Waals surface area contributed by atoms with Gasteiger partial charge in [-0.05, 0) is 29.3 Å². The zero-order valence-electron chi connectivity index (χ0n) is 11.9. The molecule has 0 aliphatic rings. The standard InChI is InChI=1S/C12H15BrN6O3/c1-9-11(13)7-17(16-9)4-2-3-14-12(20)8-18-6-10(5-15-18)19(21)22/h5-7H,2-4,8H2,1H3,(H,14,20). The van der Waals surface area contributed by atoms with Gasteiger partial charge in [0.2, 0.25) is 5.91 Å². The number of amides is 1. The van der Waals surface area contributed by atoms with Crippen molar-refractivity contribution in [2.45, 2.75) is 26.4 Å². The maximum Gasteiger partial charge on any atom is 0.307 e. The van der Waals surface area contributed by atoms with E-state index in [-0.39, 0.29) is 18.1 Å². The van der Waals surface area contributed by atoms with E-state index < -0.39 is 4.92 Å². The second kappa shape index (κ2) is 7.16. The van der Waals surface area contributed by atoms with E-state index in [2.05, 4.69) is 31.4 Å². The summed E-state index contributed by atoms with van der Waals surface area (Å²) >= 11 is 3.39. The summed E-state index contributed by atoms with van der Waals surface area (Å²) in [6, 6.07) is 0. The molecule has 0 aliphatic heterocycles. The van der Waals surface area contributed by atoms with E-state index in [0.717, 1.165) is 22.8 Å². The van der Waals surface area contributed by atoms with Crippen molar-refractivity contribution in [1.82, 2.24) is 24.9 Å². The number of carbonyl (C=O) groups is 1. The van der Waals surface area contributed by atoms with Crippen molar-refractivity contribution >= 4 is 27.5 Å². The number of hydrogen-bond acceptors (Lipinski definition) is 5. The zero-order chi connectivity index (χ0) is 16.1. The van der Waals surface area contributed by atoms with Gasteiger partial charge in [-0.15, -0.1) is 0 Å². The number of halogens is 1. The molecule has 1 amide bonds. The molecule has 2 rings (SSSR count). The highest BCUT2D eigenvalue weighted by Gasteiger charge is 2.10. The number of nitrogens with one attached hydrogen (secondary N) is 1. The number of hydrogen-bond donors (Lipinski definition) is 1. The van der Waals surface area contributed by atoms with Crippen molar-refractivity contribution in [3.05, 3.63) is 38.9 Å². The van der Waals surface area contributed by atoms with Gasteiger partial charge in [-0.2, -0.15) is 10.2 Å². The molecule has 0 saturated carbocycles. The summed E-state index contributed by atoms with van der Waals surface area (Å²) in [7, 11) is 0. The monoisotopic (exact) mass is 370 g/mol. The Morgan fingerprint density at radius 1 is 1.45 bits per heavy atom. The third-order valence-electron chi connectivity index (χ3n) is 2.91. The lowest BCUT2D eigenvalue weighted by molar-refractivity contribution is -0.385. The first-order chi connectivity index (χ1) is 10.5. The summed E-state index contributed by atoms with van der Waals surface area (Å²) in [6.07, 6.45) is 4.97. The summed E-state index contributed by atoms with van der Waals surface area (Å²) in [5.41, 5.74) is 0.789. The van der Waals surface area contributed by atoms with Crippen molar-refractivity contribution in [3.63, 3.8) is 0 Å². The molecule has 0 unspecified atom stereocenters. The molecule has 0 saturated heterocycles. The minimum Gasteiger partial charge on any atom is -0.354 e. The van der Waals surface area contributed by atoms with Crippen LogP contribution in [-0.2, 0) is 17.9 Å². The fourth-order valence-electron chi connectivity index (χ4n) is 1.81. The predicted molar refractivity (Wildman–Crippen MR) is 81.2 cm³/mol. The van der Waals surface area contributed by atoms with Crippen molar-refractivity contribution in [2.24, 2.45) is 0 Å². The highest BCUT2D eigenvalue weighted by Crippen LogP contribution is 2.13. The third kappa shape index (κ3) is 4.38. The molecule has 0 fully saturated rings. The first-order valence-electron chi connectivity index (χ1n) is 6.59. The quantitative estimate of drug-likeness (QED) is 0.448. The van der Waals surface area contributed by atoms with Crippen molar-refractivity contribution < 1.29 is 9.72 Å². The molecule has 0 spiro atoms. The Kier molecular flexibility index (Phi) is 5.26. The highest BCUT2D eigenvalue weighted by molar-refractivity contribution is 9.10. The summed E-state index contributed by atoms with van der Waals surface area (Å²) in [6.45, 7) is 3.06. The Hall–Kier alpha value is -2.23. The van der Waals surface area contributed by atoms with E-state index in [4.69, 9.17) is 0 Å². The normalized spacial score (nSPS) is 10.6. The van der Waals surface area contributed by atoms with Crippen LogP contribution in [0.25, 0.3) is 0 Å². The molecule has 9 nitrogen and oxygen atoms in total. The van der Waals surface area contributed by atoms with Gasteiger partial charge >= 0.3 is 5.69 Å². The first-order valence-corrected chi connectivity index (χ1v) is 7.38. The van der Waals surface area contributed by atoms with Gasteiger partial charge in [0.15, 0.2) is 0 Å². The molecule has 2 aromatic heterocycles. The number of nitro groups is 1. The smallest absolute Gasteiger partial charge is 0.307 e. The molecule has 22 heavy (non-hydrogen) atoms. The Labute approximate surface area is 134 Å². The second-order valence-corrected chi connectivity index (χ2v) is 5.54. The molecule has 0 aliphatic carbocycles. The SMILES string of the molecule is Cc1nn(CCCNC(=O)Cn2cc([N+](=O)[O-])cn2)cc1Br. The molecule has 0 atom stereocenters. The number of aromatic nitrogens is 4. The van der Waals surface area contributed by atoms with Gasteiger partial charge in [0.25, 0.3) is 0 Å². The average Bonchev–Trinajstić information content (AvgIpc) is 3.03. The second-order valence-electron chi connectivity index (χ2n) is 4.68. The summed E-state index contributed by atoms with van der Waals surface area (Å²) in [5.74, 6) is -0.240. The Balaban J connectivity index is 1.70. The summed E-state index contributed by atoms with van der Waals surface area (Å²) < 4.78 is 4.00. The molecule has 0 bridgehead atoms. The van der Waals surface area contributed by atoms with Gasteiger partial charge in [-0.25, -0.2) is 0 Å². The Morgan fingerprint density at radius 3 is 2.82 bits per heavy atom. The highest BCUT2D eigenvalue weighted by atomic mass is 79.9. The van der Waals surface area contributed by atoms with E-state index in [1.165, 1.54) is 10.9 Å². The minimum atomic E-state index is -0.550. The van der Waals surface area contributed by atoms with E-state index in [0.29, 0.717) is 13.1 Å². The third-order valence-corrected chi connectivity index (χ3v) is 3.69. The summed E-state index contributed by atoms with van der Waals surface area (Å²) in [5, 5.41) is 21.3. The Bertz CT molecular complexity index is 661. The number of carbonyl (C=O) groups excluding carboxylic acids is 1. The van der Waals surface area contributed by atoms with Gasteiger partial charge < -0.3 is 5.32 Å². The van der Waals surface area contributed by atoms with E-state index in [9.17, 15) is 14.9 Å². The number of aryl methyl sites for hydroxylation is 2. The van der Waals surface area contributed by atoms with Gasteiger partial charge in [0.05, 0.1) is 15.1 Å². The molecular weight excluding hydrogens is 356 g/mol. The lowest BCUT2D eigenvalue weighted by Crippen LogP contribution is -2.29. The van der Waals surface area contributed by atoms with Crippen LogP contribution < -0.4 is 5.32 Å². The molecule has 0 aromatic carbocycles. The van der Waals surface area contributed by atoms with Gasteiger partial charge in [-0.3, -0.25) is 24.3 Å². The van der Waals surface area contributed by atoms with Crippen LogP contribution in [0.2, 0.25) is 0 Å². The molecule has 1 N–H and O–H groups in total. The lowest BCUT2D eigenvalue weighted by Gasteiger charge is -2.05. The van der Waals surface area contributed by atoms with Crippen LogP contribution >= 0.6 is 15.9 Å². The van der Waals surface area contributed by atoms with Gasteiger partial charge in [-0.1, -0.05) is 0 Å². The van der Waals surface area contributed by atoms with Crippen LogP contribution in [0, 0.1) is 17.0 Å². The molecule has 0 radical (unpaired) electrons. The van der Waals surface area contributed by atoms with Crippen LogP contribution in [-0.4, -0.2) is 36.9 Å². The number of nitrogens with zero attached hydrogens (tertiary/aromatic N) is 5. The maximum atomic E-state index is 11.7. The lowest BCUT2D eigenvalue weighted by atomic mass is 10.4. The van der Waals surface area contributed by atoms with Crippen molar-refractivity contribution in [3.8, 4) is 0 Å². The van der Waals surface area contributed by atoms with Crippen LogP contribution in [0.3, 0.4) is 0 Å². The molecule has 10 heteroatoms. The largest absolute Gasteiger partial charge is 0.354 e. The van der Waals surface area contributed by atoms with Crippen molar-refractivity contribution in [1.29, 1.82) is 0 Å². The fraction of sp³-hybridized carbons (Fsp3) is 0.417. The van der Waals surface area contributed by atoms with Gasteiger partial charge in [0.1, 0.15) is 18.9 Å². The minimum absolute atomic E-state index is 0.0414. The zero-order valence-corrected chi connectivity index (χ0v) is 13.5. The molecule has 2 heterocycles. The fourth-order valence-corrected chi connectivity index (χ4v) is 2.13. The van der Waals surface area contributed by atoms with Crippen LogP contribution in [0.5, 0.6) is 0 Å². The van der Waals surface area contributed by atoms with E-state index in [1.54, 1.807) is 0 Å². The van der Waals surface area contributed by atoms with Crippen LogP contribution in [0.15, 0.2) is 23.1 Å². The topological polar surface area (TPSA) is 108 Å². The summed E-state index contributed by atoms with van der Waals surface area (Å²) in [4.78, 5) is 21.7. The number of rotatable bonds is 7. The van der Waals surface area contributed by atoms with Crippen molar-refractivity contribution in [2.75, 3.05) is 6.54 Å². The molecular formula is C12H15BrN6O3. The maximum absolute atomic E-state index is 11.7.